The van der Waals surface area contributed by atoms with E-state index in [4.69, 9.17) is 15.1 Å². The van der Waals surface area contributed by atoms with E-state index in [9.17, 15) is 4.79 Å². The fraction of sp³-hybridized carbons (Fsp3) is 0.350. The predicted octanol–water partition coefficient (Wildman–Crippen LogP) is 4.92. The summed E-state index contributed by atoms with van der Waals surface area (Å²) in [5.74, 6) is -0.286. The standard InChI is InChI=1S/C20H24N2O2/c1-12(2)19-20(13(3)4)22-17-11-15(8-9-16(17)21-19)7-6-14(5)10-18(23)24/h6-13H,1-5H3,(H,23,24). The van der Waals surface area contributed by atoms with Crippen LogP contribution in [0.25, 0.3) is 17.1 Å². The average molecular weight is 324 g/mol. The molecule has 24 heavy (non-hydrogen) atoms. The molecule has 2 rings (SSSR count). The zero-order valence-corrected chi connectivity index (χ0v) is 14.9. The maximum Gasteiger partial charge on any atom is 0.328 e. The van der Waals surface area contributed by atoms with Crippen molar-refractivity contribution in [3.05, 3.63) is 52.9 Å². The Bertz CT molecular complexity index is 818. The van der Waals surface area contributed by atoms with E-state index >= 15 is 0 Å². The first kappa shape index (κ1) is 17.9. The third kappa shape index (κ3) is 4.28. The van der Waals surface area contributed by atoms with E-state index in [1.54, 1.807) is 13.0 Å². The molecule has 0 aliphatic rings. The Morgan fingerprint density at radius 2 is 1.62 bits per heavy atom. The highest BCUT2D eigenvalue weighted by Gasteiger charge is 2.14. The molecule has 0 unspecified atom stereocenters. The molecule has 0 atom stereocenters. The van der Waals surface area contributed by atoms with E-state index in [2.05, 4.69) is 27.7 Å². The molecule has 0 amide bonds. The molecule has 0 spiro atoms. The first-order chi connectivity index (χ1) is 11.3. The number of fused-ring (bicyclic) bond motifs is 1. The highest BCUT2D eigenvalue weighted by Crippen LogP contribution is 2.26. The molecule has 1 aromatic heterocycles. The number of nitrogens with zero attached hydrogens (tertiary/aromatic N) is 2. The number of hydrogen-bond donors (Lipinski definition) is 1. The molecule has 1 heterocycles. The van der Waals surface area contributed by atoms with Gasteiger partial charge in [0.2, 0.25) is 0 Å². The summed E-state index contributed by atoms with van der Waals surface area (Å²) < 4.78 is 0. The second-order valence-corrected chi connectivity index (χ2v) is 6.61. The molecule has 0 aliphatic carbocycles. The number of aromatic nitrogens is 2. The summed E-state index contributed by atoms with van der Waals surface area (Å²) in [6.07, 6.45) is 4.86. The lowest BCUT2D eigenvalue weighted by molar-refractivity contribution is -0.131. The van der Waals surface area contributed by atoms with Gasteiger partial charge in [0.15, 0.2) is 0 Å². The normalized spacial score (nSPS) is 12.7. The summed E-state index contributed by atoms with van der Waals surface area (Å²) in [5, 5.41) is 8.75. The molecule has 126 valence electrons. The Morgan fingerprint density at radius 1 is 1.04 bits per heavy atom. The van der Waals surface area contributed by atoms with Gasteiger partial charge < -0.3 is 5.11 Å². The lowest BCUT2D eigenvalue weighted by atomic mass is 10.00. The highest BCUT2D eigenvalue weighted by atomic mass is 16.4. The van der Waals surface area contributed by atoms with Crippen molar-refractivity contribution in [2.45, 2.75) is 46.5 Å². The molecule has 1 N–H and O–H groups in total. The molecule has 2 aromatic rings. The number of allylic oxidation sites excluding steroid dienone is 2. The van der Waals surface area contributed by atoms with Gasteiger partial charge in [0.05, 0.1) is 22.4 Å². The number of benzene rings is 1. The van der Waals surface area contributed by atoms with Crippen LogP contribution in [0.2, 0.25) is 0 Å². The van der Waals surface area contributed by atoms with E-state index in [1.165, 1.54) is 6.08 Å². The van der Waals surface area contributed by atoms with Crippen LogP contribution in [-0.2, 0) is 4.79 Å². The van der Waals surface area contributed by atoms with Crippen molar-refractivity contribution in [1.82, 2.24) is 9.97 Å². The van der Waals surface area contributed by atoms with Gasteiger partial charge in [-0.15, -0.1) is 0 Å². The monoisotopic (exact) mass is 324 g/mol. The average Bonchev–Trinajstić information content (AvgIpc) is 2.50. The van der Waals surface area contributed by atoms with Crippen LogP contribution in [0.15, 0.2) is 35.9 Å². The van der Waals surface area contributed by atoms with Crippen LogP contribution in [-0.4, -0.2) is 21.0 Å². The number of carbonyl (C=O) groups is 1. The van der Waals surface area contributed by atoms with Gasteiger partial charge in [-0.3, -0.25) is 0 Å². The lowest BCUT2D eigenvalue weighted by Gasteiger charge is -2.15. The van der Waals surface area contributed by atoms with Crippen LogP contribution < -0.4 is 0 Å². The van der Waals surface area contributed by atoms with Gasteiger partial charge in [-0.1, -0.05) is 45.9 Å². The number of rotatable bonds is 5. The van der Waals surface area contributed by atoms with Gasteiger partial charge in [-0.25, -0.2) is 14.8 Å². The first-order valence-corrected chi connectivity index (χ1v) is 8.18. The SMILES string of the molecule is CC(C=Cc1ccc2nc(C(C)C)c(C(C)C)nc2c1)=CC(=O)O. The van der Waals surface area contributed by atoms with Crippen LogP contribution in [0.5, 0.6) is 0 Å². The third-order valence-corrected chi connectivity index (χ3v) is 3.73. The molecule has 0 bridgehead atoms. The van der Waals surface area contributed by atoms with Crippen LogP contribution in [0.3, 0.4) is 0 Å². The minimum atomic E-state index is -0.940. The molecule has 0 saturated heterocycles. The third-order valence-electron chi connectivity index (χ3n) is 3.73. The summed E-state index contributed by atoms with van der Waals surface area (Å²) >= 11 is 0. The lowest BCUT2D eigenvalue weighted by Crippen LogP contribution is -2.05. The summed E-state index contributed by atoms with van der Waals surface area (Å²) in [4.78, 5) is 20.3. The van der Waals surface area contributed by atoms with E-state index in [1.807, 2.05) is 24.3 Å². The maximum absolute atomic E-state index is 10.7. The van der Waals surface area contributed by atoms with Gasteiger partial charge in [-0.05, 0) is 42.0 Å². The predicted molar refractivity (Wildman–Crippen MR) is 98.1 cm³/mol. The van der Waals surface area contributed by atoms with Crippen molar-refractivity contribution in [3.8, 4) is 0 Å². The Balaban J connectivity index is 2.45. The van der Waals surface area contributed by atoms with Gasteiger partial charge >= 0.3 is 5.97 Å². The van der Waals surface area contributed by atoms with Crippen molar-refractivity contribution in [2.24, 2.45) is 0 Å². The van der Waals surface area contributed by atoms with Crippen molar-refractivity contribution in [3.63, 3.8) is 0 Å². The Hall–Kier alpha value is -2.49. The summed E-state index contributed by atoms with van der Waals surface area (Å²) in [5.41, 5.74) is 5.51. The van der Waals surface area contributed by atoms with Crippen molar-refractivity contribution < 1.29 is 9.90 Å². The van der Waals surface area contributed by atoms with Crippen LogP contribution in [0, 0.1) is 0 Å². The fourth-order valence-corrected chi connectivity index (χ4v) is 2.52. The van der Waals surface area contributed by atoms with Crippen molar-refractivity contribution >= 4 is 23.1 Å². The highest BCUT2D eigenvalue weighted by molar-refractivity contribution is 5.82. The minimum absolute atomic E-state index is 0.319. The number of carboxylic acid groups (broad SMARTS) is 1. The Morgan fingerprint density at radius 3 is 2.17 bits per heavy atom. The number of hydrogen-bond acceptors (Lipinski definition) is 3. The van der Waals surface area contributed by atoms with Crippen LogP contribution in [0.4, 0.5) is 0 Å². The molecule has 0 saturated carbocycles. The quantitative estimate of drug-likeness (QED) is 0.626. The van der Waals surface area contributed by atoms with Crippen molar-refractivity contribution in [1.29, 1.82) is 0 Å². The second-order valence-electron chi connectivity index (χ2n) is 6.61. The number of aliphatic carboxylic acids is 1. The molecule has 0 radical (unpaired) electrons. The van der Waals surface area contributed by atoms with Crippen molar-refractivity contribution in [2.75, 3.05) is 0 Å². The van der Waals surface area contributed by atoms with Gasteiger partial charge in [-0.2, -0.15) is 0 Å². The van der Waals surface area contributed by atoms with E-state index in [0.29, 0.717) is 17.4 Å². The van der Waals surface area contributed by atoms with Gasteiger partial charge in [0.1, 0.15) is 0 Å². The van der Waals surface area contributed by atoms with Gasteiger partial charge in [0, 0.05) is 6.08 Å². The van der Waals surface area contributed by atoms with E-state index in [0.717, 1.165) is 28.0 Å². The first-order valence-electron chi connectivity index (χ1n) is 8.18. The molecule has 0 aliphatic heterocycles. The molecule has 1 aromatic carbocycles. The molecule has 4 nitrogen and oxygen atoms in total. The second kappa shape index (κ2) is 7.39. The van der Waals surface area contributed by atoms with Crippen LogP contribution in [0.1, 0.15) is 63.4 Å². The molecular formula is C20H24N2O2. The minimum Gasteiger partial charge on any atom is -0.478 e. The van der Waals surface area contributed by atoms with E-state index < -0.39 is 5.97 Å². The smallest absolute Gasteiger partial charge is 0.328 e. The Labute approximate surface area is 143 Å². The number of carboxylic acids is 1. The van der Waals surface area contributed by atoms with Crippen LogP contribution >= 0.6 is 0 Å². The largest absolute Gasteiger partial charge is 0.478 e. The maximum atomic E-state index is 10.7. The summed E-state index contributed by atoms with van der Waals surface area (Å²) in [6.45, 7) is 10.3. The molecular weight excluding hydrogens is 300 g/mol. The van der Waals surface area contributed by atoms with E-state index in [-0.39, 0.29) is 0 Å². The molecule has 0 fully saturated rings. The molecule has 4 heteroatoms. The fourth-order valence-electron chi connectivity index (χ4n) is 2.52. The summed E-state index contributed by atoms with van der Waals surface area (Å²) in [7, 11) is 0. The Kier molecular flexibility index (Phi) is 5.50. The zero-order valence-electron chi connectivity index (χ0n) is 14.9. The zero-order chi connectivity index (χ0) is 17.9. The van der Waals surface area contributed by atoms with Gasteiger partial charge in [0.25, 0.3) is 0 Å². The summed E-state index contributed by atoms with van der Waals surface area (Å²) in [6, 6.07) is 5.93. The topological polar surface area (TPSA) is 63.1 Å².